The molecular formula is C18H23NO2. The van der Waals surface area contributed by atoms with Crippen LogP contribution in [0.5, 0.6) is 11.5 Å². The van der Waals surface area contributed by atoms with Crippen LogP contribution in [0.1, 0.15) is 29.7 Å². The van der Waals surface area contributed by atoms with Gasteiger partial charge in [-0.1, -0.05) is 30.3 Å². The Morgan fingerprint density at radius 2 is 1.95 bits per heavy atom. The highest BCUT2D eigenvalue weighted by molar-refractivity contribution is 5.38. The summed E-state index contributed by atoms with van der Waals surface area (Å²) in [6, 6.07) is 14.0. The number of methoxy groups -OCH3 is 1. The standard InChI is InChI=1S/C18H23NO2/c1-13-8-9-16(17(20)12-13)14(2)19-11-10-15-6-4-5-7-18(15)21-3/h4-9,12,14,19-20H,10-11H2,1-3H3. The summed E-state index contributed by atoms with van der Waals surface area (Å²) in [6.45, 7) is 4.87. The number of phenolic OH excluding ortho intramolecular Hbond substituents is 1. The van der Waals surface area contributed by atoms with Crippen LogP contribution < -0.4 is 10.1 Å². The molecule has 3 nitrogen and oxygen atoms in total. The fourth-order valence-electron chi connectivity index (χ4n) is 2.46. The molecule has 1 atom stereocenters. The molecule has 2 rings (SSSR count). The van der Waals surface area contributed by atoms with E-state index in [0.717, 1.165) is 29.8 Å². The van der Waals surface area contributed by atoms with E-state index in [1.165, 1.54) is 5.56 Å². The maximum atomic E-state index is 10.0. The molecule has 0 heterocycles. The van der Waals surface area contributed by atoms with Gasteiger partial charge in [0, 0.05) is 11.6 Å². The molecule has 112 valence electrons. The van der Waals surface area contributed by atoms with Crippen LogP contribution in [0.25, 0.3) is 0 Å². The predicted octanol–water partition coefficient (Wildman–Crippen LogP) is 3.60. The minimum Gasteiger partial charge on any atom is -0.508 e. The van der Waals surface area contributed by atoms with Crippen LogP contribution in [0.2, 0.25) is 0 Å². The normalized spacial score (nSPS) is 12.1. The van der Waals surface area contributed by atoms with E-state index in [2.05, 4.69) is 18.3 Å². The Bertz CT molecular complexity index is 596. The average molecular weight is 285 g/mol. The van der Waals surface area contributed by atoms with Crippen molar-refractivity contribution in [1.29, 1.82) is 0 Å². The predicted molar refractivity (Wildman–Crippen MR) is 86.0 cm³/mol. The molecule has 0 aliphatic carbocycles. The fraction of sp³-hybridized carbons (Fsp3) is 0.333. The molecule has 0 aromatic heterocycles. The highest BCUT2D eigenvalue weighted by atomic mass is 16.5. The monoisotopic (exact) mass is 285 g/mol. The van der Waals surface area contributed by atoms with Gasteiger partial charge < -0.3 is 15.2 Å². The molecule has 0 radical (unpaired) electrons. The van der Waals surface area contributed by atoms with Gasteiger partial charge in [-0.3, -0.25) is 0 Å². The smallest absolute Gasteiger partial charge is 0.122 e. The number of para-hydroxylation sites is 1. The third-order valence-electron chi connectivity index (χ3n) is 3.69. The summed E-state index contributed by atoms with van der Waals surface area (Å²) in [7, 11) is 1.69. The Hall–Kier alpha value is -2.00. The Balaban J connectivity index is 1.93. The molecule has 2 aromatic carbocycles. The maximum absolute atomic E-state index is 10.0. The van der Waals surface area contributed by atoms with Crippen molar-refractivity contribution in [2.45, 2.75) is 26.3 Å². The first-order valence-electron chi connectivity index (χ1n) is 7.26. The molecule has 21 heavy (non-hydrogen) atoms. The molecule has 3 heteroatoms. The molecular weight excluding hydrogens is 262 g/mol. The molecule has 0 saturated carbocycles. The van der Waals surface area contributed by atoms with E-state index < -0.39 is 0 Å². The summed E-state index contributed by atoms with van der Waals surface area (Å²) in [5.74, 6) is 1.28. The van der Waals surface area contributed by atoms with Gasteiger partial charge in [0.25, 0.3) is 0 Å². The van der Waals surface area contributed by atoms with E-state index in [4.69, 9.17) is 4.74 Å². The van der Waals surface area contributed by atoms with E-state index in [1.807, 2.05) is 37.3 Å². The first-order valence-corrected chi connectivity index (χ1v) is 7.26. The lowest BCUT2D eigenvalue weighted by molar-refractivity contribution is 0.408. The lowest BCUT2D eigenvalue weighted by Gasteiger charge is -2.16. The van der Waals surface area contributed by atoms with Crippen molar-refractivity contribution in [1.82, 2.24) is 5.32 Å². The molecule has 0 amide bonds. The summed E-state index contributed by atoms with van der Waals surface area (Å²) >= 11 is 0. The van der Waals surface area contributed by atoms with Crippen LogP contribution in [0, 0.1) is 6.92 Å². The maximum Gasteiger partial charge on any atom is 0.122 e. The number of nitrogens with one attached hydrogen (secondary N) is 1. The SMILES string of the molecule is COc1ccccc1CCNC(C)c1ccc(C)cc1O. The van der Waals surface area contributed by atoms with Crippen molar-refractivity contribution < 1.29 is 9.84 Å². The molecule has 2 aromatic rings. The fourth-order valence-corrected chi connectivity index (χ4v) is 2.46. The number of rotatable bonds is 6. The topological polar surface area (TPSA) is 41.5 Å². The zero-order chi connectivity index (χ0) is 15.2. The zero-order valence-corrected chi connectivity index (χ0v) is 12.9. The minimum absolute atomic E-state index is 0.111. The largest absolute Gasteiger partial charge is 0.508 e. The van der Waals surface area contributed by atoms with E-state index in [0.29, 0.717) is 5.75 Å². The van der Waals surface area contributed by atoms with Crippen molar-refractivity contribution in [2.24, 2.45) is 0 Å². The summed E-state index contributed by atoms with van der Waals surface area (Å²) in [5, 5.41) is 13.4. The first-order chi connectivity index (χ1) is 10.1. The lowest BCUT2D eigenvalue weighted by atomic mass is 10.0. The number of benzene rings is 2. The average Bonchev–Trinajstić information content (AvgIpc) is 2.47. The first kappa shape index (κ1) is 15.4. The van der Waals surface area contributed by atoms with Crippen molar-refractivity contribution in [3.8, 4) is 11.5 Å². The number of phenols is 1. The van der Waals surface area contributed by atoms with Crippen LogP contribution in [0.3, 0.4) is 0 Å². The van der Waals surface area contributed by atoms with E-state index >= 15 is 0 Å². The second-order valence-electron chi connectivity index (χ2n) is 5.30. The second-order valence-corrected chi connectivity index (χ2v) is 5.30. The Labute approximate surface area is 126 Å². The minimum atomic E-state index is 0.111. The van der Waals surface area contributed by atoms with Crippen LogP contribution in [-0.4, -0.2) is 18.8 Å². The summed E-state index contributed by atoms with van der Waals surface area (Å²) in [6.07, 6.45) is 0.890. The Morgan fingerprint density at radius 1 is 1.19 bits per heavy atom. The molecule has 1 unspecified atom stereocenters. The van der Waals surface area contributed by atoms with E-state index in [9.17, 15) is 5.11 Å². The molecule has 0 spiro atoms. The Kier molecular flexibility index (Phi) is 5.23. The van der Waals surface area contributed by atoms with Gasteiger partial charge in [-0.05, 0) is 50.1 Å². The number of hydrogen-bond acceptors (Lipinski definition) is 3. The van der Waals surface area contributed by atoms with Gasteiger partial charge in [0.1, 0.15) is 11.5 Å². The molecule has 2 N–H and O–H groups in total. The van der Waals surface area contributed by atoms with Crippen LogP contribution in [0.15, 0.2) is 42.5 Å². The molecule has 0 bridgehead atoms. The highest BCUT2D eigenvalue weighted by Crippen LogP contribution is 2.25. The van der Waals surface area contributed by atoms with Gasteiger partial charge in [-0.15, -0.1) is 0 Å². The third-order valence-corrected chi connectivity index (χ3v) is 3.69. The van der Waals surface area contributed by atoms with Crippen molar-refractivity contribution in [3.63, 3.8) is 0 Å². The van der Waals surface area contributed by atoms with Gasteiger partial charge in [0.15, 0.2) is 0 Å². The van der Waals surface area contributed by atoms with Gasteiger partial charge >= 0.3 is 0 Å². The van der Waals surface area contributed by atoms with Gasteiger partial charge in [-0.25, -0.2) is 0 Å². The quantitative estimate of drug-likeness (QED) is 0.852. The van der Waals surface area contributed by atoms with E-state index in [1.54, 1.807) is 13.2 Å². The molecule has 0 saturated heterocycles. The third kappa shape index (κ3) is 3.99. The van der Waals surface area contributed by atoms with Gasteiger partial charge in [0.2, 0.25) is 0 Å². The summed E-state index contributed by atoms with van der Waals surface area (Å²) in [5.41, 5.74) is 3.19. The second kappa shape index (κ2) is 7.14. The molecule has 0 fully saturated rings. The zero-order valence-electron chi connectivity index (χ0n) is 12.9. The van der Waals surface area contributed by atoms with Gasteiger partial charge in [-0.2, -0.15) is 0 Å². The number of aryl methyl sites for hydroxylation is 1. The number of hydrogen-bond donors (Lipinski definition) is 2. The molecule has 0 aliphatic heterocycles. The van der Waals surface area contributed by atoms with Crippen molar-refractivity contribution in [2.75, 3.05) is 13.7 Å². The number of aromatic hydroxyl groups is 1. The van der Waals surface area contributed by atoms with Crippen LogP contribution >= 0.6 is 0 Å². The van der Waals surface area contributed by atoms with Gasteiger partial charge in [0.05, 0.1) is 7.11 Å². The number of ether oxygens (including phenoxy) is 1. The molecule has 0 aliphatic rings. The summed E-state index contributed by atoms with van der Waals surface area (Å²) < 4.78 is 5.35. The van der Waals surface area contributed by atoms with Crippen LogP contribution in [-0.2, 0) is 6.42 Å². The van der Waals surface area contributed by atoms with Crippen LogP contribution in [0.4, 0.5) is 0 Å². The van der Waals surface area contributed by atoms with Crippen molar-refractivity contribution >= 4 is 0 Å². The highest BCUT2D eigenvalue weighted by Gasteiger charge is 2.10. The van der Waals surface area contributed by atoms with Crippen molar-refractivity contribution in [3.05, 3.63) is 59.2 Å². The van der Waals surface area contributed by atoms with E-state index in [-0.39, 0.29) is 6.04 Å². The lowest BCUT2D eigenvalue weighted by Crippen LogP contribution is -2.21. The summed E-state index contributed by atoms with van der Waals surface area (Å²) in [4.78, 5) is 0. The Morgan fingerprint density at radius 3 is 2.67 bits per heavy atom.